The van der Waals surface area contributed by atoms with E-state index in [0.717, 1.165) is 20.7 Å². The van der Waals surface area contributed by atoms with Crippen LogP contribution < -0.4 is 4.74 Å². The van der Waals surface area contributed by atoms with Gasteiger partial charge in [0.25, 0.3) is 0 Å². The molecule has 2 heterocycles. The standard InChI is InChI=1S/C13H10BrClO2S/c14-8-5-12(18-13(8)15)11-6-9(16)7-3-1-2-4-10(7)17-11/h1-5,9,11,16H,6H2/t9-,11?/m0/s1. The van der Waals surface area contributed by atoms with Gasteiger partial charge in [-0.2, -0.15) is 0 Å². The number of hydrogen-bond donors (Lipinski definition) is 1. The number of rotatable bonds is 1. The fourth-order valence-electron chi connectivity index (χ4n) is 2.09. The van der Waals surface area contributed by atoms with Gasteiger partial charge in [-0.3, -0.25) is 0 Å². The zero-order valence-electron chi connectivity index (χ0n) is 9.27. The van der Waals surface area contributed by atoms with Crippen molar-refractivity contribution in [2.45, 2.75) is 18.6 Å². The van der Waals surface area contributed by atoms with Gasteiger partial charge in [-0.05, 0) is 28.1 Å². The molecule has 3 rings (SSSR count). The minimum atomic E-state index is -0.486. The highest BCUT2D eigenvalue weighted by molar-refractivity contribution is 9.10. The monoisotopic (exact) mass is 344 g/mol. The molecule has 2 aromatic rings. The number of halogens is 2. The van der Waals surface area contributed by atoms with Gasteiger partial charge in [0.2, 0.25) is 0 Å². The number of hydrogen-bond acceptors (Lipinski definition) is 3. The normalized spacial score (nSPS) is 22.4. The molecule has 2 nitrogen and oxygen atoms in total. The molecule has 18 heavy (non-hydrogen) atoms. The molecule has 1 unspecified atom stereocenters. The van der Waals surface area contributed by atoms with Crippen molar-refractivity contribution in [3.8, 4) is 5.75 Å². The number of aliphatic hydroxyl groups excluding tert-OH is 1. The summed E-state index contributed by atoms with van der Waals surface area (Å²) in [7, 11) is 0. The molecule has 2 atom stereocenters. The SMILES string of the molecule is O[C@H]1CC(c2cc(Br)c(Cl)s2)Oc2ccccc21. The number of thiophene rings is 1. The summed E-state index contributed by atoms with van der Waals surface area (Å²) in [4.78, 5) is 1.03. The molecule has 0 saturated carbocycles. The summed E-state index contributed by atoms with van der Waals surface area (Å²) < 4.78 is 7.51. The number of fused-ring (bicyclic) bond motifs is 1. The lowest BCUT2D eigenvalue weighted by Gasteiger charge is -2.28. The van der Waals surface area contributed by atoms with E-state index in [9.17, 15) is 5.11 Å². The molecule has 94 valence electrons. The maximum absolute atomic E-state index is 10.1. The van der Waals surface area contributed by atoms with Gasteiger partial charge >= 0.3 is 0 Å². The minimum absolute atomic E-state index is 0.135. The van der Waals surface area contributed by atoms with E-state index in [2.05, 4.69) is 15.9 Å². The average molecular weight is 346 g/mol. The van der Waals surface area contributed by atoms with Crippen molar-refractivity contribution < 1.29 is 9.84 Å². The fourth-order valence-corrected chi connectivity index (χ4v) is 3.87. The summed E-state index contributed by atoms with van der Waals surface area (Å²) in [6.07, 6.45) is -0.0661. The lowest BCUT2D eigenvalue weighted by atomic mass is 9.98. The van der Waals surface area contributed by atoms with E-state index in [-0.39, 0.29) is 6.10 Å². The third-order valence-electron chi connectivity index (χ3n) is 2.97. The van der Waals surface area contributed by atoms with Crippen LogP contribution in [0.15, 0.2) is 34.8 Å². The maximum Gasteiger partial charge on any atom is 0.136 e. The van der Waals surface area contributed by atoms with Gasteiger partial charge in [-0.1, -0.05) is 29.8 Å². The van der Waals surface area contributed by atoms with Crippen LogP contribution in [0, 0.1) is 0 Å². The Kier molecular flexibility index (Phi) is 3.36. The van der Waals surface area contributed by atoms with Crippen LogP contribution in [0.1, 0.15) is 29.1 Å². The van der Waals surface area contributed by atoms with Gasteiger partial charge < -0.3 is 9.84 Å². The number of aliphatic hydroxyl groups is 1. The number of para-hydroxylation sites is 1. The first-order chi connectivity index (χ1) is 8.65. The van der Waals surface area contributed by atoms with Crippen molar-refractivity contribution in [2.24, 2.45) is 0 Å². The second kappa shape index (κ2) is 4.85. The number of ether oxygens (including phenoxy) is 1. The van der Waals surface area contributed by atoms with Crippen LogP contribution in [-0.2, 0) is 0 Å². The molecule has 0 fully saturated rings. The quantitative estimate of drug-likeness (QED) is 0.810. The van der Waals surface area contributed by atoms with E-state index in [1.165, 1.54) is 11.3 Å². The Morgan fingerprint density at radius 3 is 2.89 bits per heavy atom. The smallest absolute Gasteiger partial charge is 0.136 e. The first-order valence-corrected chi connectivity index (χ1v) is 7.52. The summed E-state index contributed by atoms with van der Waals surface area (Å²) in [5.41, 5.74) is 0.857. The fraction of sp³-hybridized carbons (Fsp3) is 0.231. The number of benzene rings is 1. The molecule has 0 radical (unpaired) electrons. The van der Waals surface area contributed by atoms with Crippen LogP contribution in [0.2, 0.25) is 4.34 Å². The summed E-state index contributed by atoms with van der Waals surface area (Å²) in [5.74, 6) is 0.752. The Balaban J connectivity index is 1.94. The van der Waals surface area contributed by atoms with Crippen molar-refractivity contribution >= 4 is 38.9 Å². The molecule has 5 heteroatoms. The third-order valence-corrected chi connectivity index (χ3v) is 5.53. The predicted octanol–water partition coefficient (Wildman–Crippen LogP) is 4.72. The zero-order valence-corrected chi connectivity index (χ0v) is 12.4. The highest BCUT2D eigenvalue weighted by atomic mass is 79.9. The lowest BCUT2D eigenvalue weighted by molar-refractivity contribution is 0.0674. The highest BCUT2D eigenvalue weighted by Crippen LogP contribution is 2.44. The van der Waals surface area contributed by atoms with E-state index >= 15 is 0 Å². The largest absolute Gasteiger partial charge is 0.484 e. The van der Waals surface area contributed by atoms with Crippen molar-refractivity contribution in [2.75, 3.05) is 0 Å². The van der Waals surface area contributed by atoms with Gasteiger partial charge in [0.1, 0.15) is 16.2 Å². The first-order valence-electron chi connectivity index (χ1n) is 5.53. The van der Waals surface area contributed by atoms with Gasteiger partial charge in [-0.15, -0.1) is 11.3 Å². The Labute approximate surface area is 122 Å². The Bertz CT molecular complexity index is 565. The van der Waals surface area contributed by atoms with E-state index in [0.29, 0.717) is 10.8 Å². The van der Waals surface area contributed by atoms with E-state index in [1.807, 2.05) is 30.3 Å². The topological polar surface area (TPSA) is 29.5 Å². The average Bonchev–Trinajstić information content (AvgIpc) is 2.70. The Hall–Kier alpha value is -0.550. The molecule has 1 aromatic carbocycles. The third kappa shape index (κ3) is 2.18. The van der Waals surface area contributed by atoms with Crippen LogP contribution in [0.5, 0.6) is 5.75 Å². The molecule has 1 aromatic heterocycles. The van der Waals surface area contributed by atoms with E-state index < -0.39 is 6.10 Å². The van der Waals surface area contributed by atoms with Crippen molar-refractivity contribution in [3.05, 3.63) is 49.6 Å². The lowest BCUT2D eigenvalue weighted by Crippen LogP contribution is -2.18. The maximum atomic E-state index is 10.1. The van der Waals surface area contributed by atoms with Crippen molar-refractivity contribution in [1.29, 1.82) is 0 Å². The van der Waals surface area contributed by atoms with Gasteiger partial charge in [0.15, 0.2) is 0 Å². The molecule has 0 spiro atoms. The van der Waals surface area contributed by atoms with Crippen LogP contribution in [-0.4, -0.2) is 5.11 Å². The molecule has 0 bridgehead atoms. The van der Waals surface area contributed by atoms with Crippen LogP contribution in [0.3, 0.4) is 0 Å². The summed E-state index contributed by atoms with van der Waals surface area (Å²) in [6.45, 7) is 0. The Morgan fingerprint density at radius 1 is 1.39 bits per heavy atom. The molecule has 1 aliphatic rings. The molecular weight excluding hydrogens is 336 g/mol. The summed E-state index contributed by atoms with van der Waals surface area (Å²) >= 11 is 10.9. The first kappa shape index (κ1) is 12.5. The molecular formula is C13H10BrClO2S. The molecule has 1 N–H and O–H groups in total. The second-order valence-corrected chi connectivity index (χ2v) is 6.71. The van der Waals surface area contributed by atoms with Crippen LogP contribution >= 0.6 is 38.9 Å². The highest BCUT2D eigenvalue weighted by Gasteiger charge is 2.29. The Morgan fingerprint density at radius 2 is 2.17 bits per heavy atom. The van der Waals surface area contributed by atoms with Crippen LogP contribution in [0.25, 0.3) is 0 Å². The minimum Gasteiger partial charge on any atom is -0.484 e. The zero-order chi connectivity index (χ0) is 12.7. The summed E-state index contributed by atoms with van der Waals surface area (Å²) in [6, 6.07) is 9.55. The molecule has 1 aliphatic heterocycles. The predicted molar refractivity (Wildman–Crippen MR) is 76.4 cm³/mol. The van der Waals surface area contributed by atoms with Gasteiger partial charge in [-0.25, -0.2) is 0 Å². The van der Waals surface area contributed by atoms with Gasteiger partial charge in [0, 0.05) is 21.3 Å². The molecule has 0 amide bonds. The van der Waals surface area contributed by atoms with Crippen molar-refractivity contribution in [3.63, 3.8) is 0 Å². The summed E-state index contributed by atoms with van der Waals surface area (Å²) in [5, 5.41) is 10.1. The van der Waals surface area contributed by atoms with Crippen LogP contribution in [0.4, 0.5) is 0 Å². The van der Waals surface area contributed by atoms with E-state index in [4.69, 9.17) is 16.3 Å². The van der Waals surface area contributed by atoms with E-state index in [1.54, 1.807) is 0 Å². The molecule has 0 saturated heterocycles. The second-order valence-electron chi connectivity index (χ2n) is 4.17. The molecule has 0 aliphatic carbocycles. The van der Waals surface area contributed by atoms with Gasteiger partial charge in [0.05, 0.1) is 6.10 Å². The van der Waals surface area contributed by atoms with Crippen molar-refractivity contribution in [1.82, 2.24) is 0 Å².